The minimum Gasteiger partial charge on any atom is -0.374 e. The Hall–Kier alpha value is -3.17. The maximum Gasteiger partial charge on any atom is 0.255 e. The number of aliphatic hydroxyl groups is 1. The molecule has 2 amide bonds. The van der Waals surface area contributed by atoms with Crippen LogP contribution in [0.15, 0.2) is 48.5 Å². The van der Waals surface area contributed by atoms with Crippen LogP contribution in [-0.4, -0.2) is 34.6 Å². The molecule has 0 bridgehead atoms. The molecule has 0 spiro atoms. The second kappa shape index (κ2) is 8.89. The highest BCUT2D eigenvalue weighted by Crippen LogP contribution is 2.26. The van der Waals surface area contributed by atoms with Crippen molar-refractivity contribution in [2.24, 2.45) is 11.7 Å². The molecule has 0 aliphatic carbocycles. The Morgan fingerprint density at radius 3 is 2.28 bits per heavy atom. The lowest BCUT2D eigenvalue weighted by Crippen LogP contribution is -2.49. The summed E-state index contributed by atoms with van der Waals surface area (Å²) in [5, 5.41) is 19.0. The van der Waals surface area contributed by atoms with Crippen molar-refractivity contribution >= 4 is 11.8 Å². The van der Waals surface area contributed by atoms with Crippen LogP contribution in [0.4, 0.5) is 0 Å². The summed E-state index contributed by atoms with van der Waals surface area (Å²) in [5.41, 5.74) is 8.93. The number of carbonyl (C=O) groups excluding carboxylic acids is 2. The van der Waals surface area contributed by atoms with Crippen molar-refractivity contribution in [3.8, 4) is 17.2 Å². The van der Waals surface area contributed by atoms with E-state index < -0.39 is 18.1 Å². The van der Waals surface area contributed by atoms with Gasteiger partial charge in [-0.25, -0.2) is 0 Å². The van der Waals surface area contributed by atoms with Crippen LogP contribution in [0.2, 0.25) is 0 Å². The molecule has 6 nitrogen and oxygen atoms in total. The minimum atomic E-state index is -0.902. The number of piperidine rings is 1. The first-order valence-corrected chi connectivity index (χ1v) is 9.76. The summed E-state index contributed by atoms with van der Waals surface area (Å²) in [4.78, 5) is 25.6. The van der Waals surface area contributed by atoms with E-state index in [1.807, 2.05) is 43.3 Å². The summed E-state index contributed by atoms with van der Waals surface area (Å²) in [6.45, 7) is 2.16. The zero-order valence-electron chi connectivity index (χ0n) is 16.4. The van der Waals surface area contributed by atoms with Gasteiger partial charge in [-0.3, -0.25) is 9.59 Å². The lowest BCUT2D eigenvalue weighted by atomic mass is 9.94. The van der Waals surface area contributed by atoms with Gasteiger partial charge in [0.2, 0.25) is 5.91 Å². The molecule has 1 aliphatic rings. The van der Waals surface area contributed by atoms with Crippen LogP contribution in [-0.2, 0) is 4.79 Å². The molecule has 2 aromatic carbocycles. The molecule has 3 atom stereocenters. The molecule has 29 heavy (non-hydrogen) atoms. The molecular formula is C23H25N3O3. The smallest absolute Gasteiger partial charge is 0.255 e. The van der Waals surface area contributed by atoms with Gasteiger partial charge >= 0.3 is 0 Å². The number of carbonyl (C=O) groups is 2. The lowest BCUT2D eigenvalue weighted by Gasteiger charge is -2.35. The van der Waals surface area contributed by atoms with Crippen LogP contribution in [0.5, 0.6) is 0 Å². The molecule has 6 heteroatoms. The summed E-state index contributed by atoms with van der Waals surface area (Å²) in [5.74, 6) is -0.994. The molecule has 3 N–H and O–H groups in total. The van der Waals surface area contributed by atoms with Crippen molar-refractivity contribution in [2.75, 3.05) is 6.54 Å². The third-order valence-electron chi connectivity index (χ3n) is 5.56. The van der Waals surface area contributed by atoms with E-state index in [0.717, 1.165) is 16.7 Å². The molecule has 0 radical (unpaired) electrons. The van der Waals surface area contributed by atoms with E-state index in [2.05, 4.69) is 6.07 Å². The highest BCUT2D eigenvalue weighted by Gasteiger charge is 2.33. The van der Waals surface area contributed by atoms with Crippen LogP contribution in [0, 0.1) is 17.2 Å². The fourth-order valence-electron chi connectivity index (χ4n) is 3.64. The third-order valence-corrected chi connectivity index (χ3v) is 5.56. The Labute approximate surface area is 170 Å². The fourth-order valence-corrected chi connectivity index (χ4v) is 3.64. The first-order valence-electron chi connectivity index (χ1n) is 9.76. The summed E-state index contributed by atoms with van der Waals surface area (Å²) in [7, 11) is 0. The zero-order chi connectivity index (χ0) is 21.0. The van der Waals surface area contributed by atoms with E-state index in [4.69, 9.17) is 11.0 Å². The lowest BCUT2D eigenvalue weighted by molar-refractivity contribution is -0.125. The minimum absolute atomic E-state index is 0.138. The average molecular weight is 391 g/mol. The van der Waals surface area contributed by atoms with Crippen LogP contribution in [0.1, 0.15) is 48.0 Å². The number of likely N-dealkylation sites (tertiary alicyclic amines) is 1. The van der Waals surface area contributed by atoms with Gasteiger partial charge in [-0.1, -0.05) is 43.3 Å². The van der Waals surface area contributed by atoms with E-state index in [-0.39, 0.29) is 18.4 Å². The molecule has 150 valence electrons. The third kappa shape index (κ3) is 4.64. The monoisotopic (exact) mass is 391 g/mol. The highest BCUT2D eigenvalue weighted by atomic mass is 16.3. The second-order valence-electron chi connectivity index (χ2n) is 7.58. The summed E-state index contributed by atoms with van der Waals surface area (Å²) < 4.78 is 0. The molecule has 1 aliphatic heterocycles. The number of nitriles is 1. The Morgan fingerprint density at radius 2 is 1.72 bits per heavy atom. The Kier molecular flexibility index (Phi) is 6.30. The maximum atomic E-state index is 12.8. The number of rotatable bonds is 5. The van der Waals surface area contributed by atoms with Gasteiger partial charge < -0.3 is 15.7 Å². The highest BCUT2D eigenvalue weighted by molar-refractivity contribution is 5.95. The van der Waals surface area contributed by atoms with Crippen LogP contribution >= 0.6 is 0 Å². The quantitative estimate of drug-likeness (QED) is 0.817. The van der Waals surface area contributed by atoms with Gasteiger partial charge in [-0.05, 0) is 47.6 Å². The molecule has 2 aromatic rings. The predicted octanol–water partition coefficient (Wildman–Crippen LogP) is 3.03. The topological polar surface area (TPSA) is 107 Å². The van der Waals surface area contributed by atoms with E-state index in [0.29, 0.717) is 24.8 Å². The number of nitrogens with zero attached hydrogens (tertiary/aromatic N) is 2. The maximum absolute atomic E-state index is 12.8. The summed E-state index contributed by atoms with van der Waals surface area (Å²) in [6, 6.07) is 17.4. The normalized spacial score (nSPS) is 20.0. The van der Waals surface area contributed by atoms with E-state index >= 15 is 0 Å². The SMILES string of the molecule is CC(CC#N)c1ccc(-c2ccc(C(=O)N3CC(C(N)=O)CCC3O)cc2)cc1. The number of aliphatic hydroxyl groups excluding tert-OH is 1. The van der Waals surface area contributed by atoms with Gasteiger partial charge in [0.05, 0.1) is 12.0 Å². The first kappa shape index (κ1) is 20.6. The number of hydrogen-bond acceptors (Lipinski definition) is 4. The van der Waals surface area contributed by atoms with Gasteiger partial charge in [0.15, 0.2) is 0 Å². The molecule has 0 saturated carbocycles. The van der Waals surface area contributed by atoms with Gasteiger partial charge in [0.25, 0.3) is 5.91 Å². The number of benzene rings is 2. The van der Waals surface area contributed by atoms with Crippen molar-refractivity contribution < 1.29 is 14.7 Å². The van der Waals surface area contributed by atoms with Crippen LogP contribution in [0.3, 0.4) is 0 Å². The Morgan fingerprint density at radius 1 is 1.14 bits per heavy atom. The van der Waals surface area contributed by atoms with Crippen LogP contribution < -0.4 is 5.73 Å². The Bertz CT molecular complexity index is 916. The molecule has 1 fully saturated rings. The summed E-state index contributed by atoms with van der Waals surface area (Å²) in [6.07, 6.45) is 0.409. The van der Waals surface area contributed by atoms with E-state index in [1.54, 1.807) is 12.1 Å². The number of amides is 2. The van der Waals surface area contributed by atoms with E-state index in [1.165, 1.54) is 4.90 Å². The standard InChI is InChI=1S/C23H25N3O3/c1-15(12-13-24)16-2-4-17(5-3-16)18-6-8-19(9-7-18)23(29)26-14-20(22(25)28)10-11-21(26)27/h2-9,15,20-21,27H,10-12,14H2,1H3,(H2,25,28). The van der Waals surface area contributed by atoms with E-state index in [9.17, 15) is 14.7 Å². The van der Waals surface area contributed by atoms with Crippen molar-refractivity contribution in [2.45, 2.75) is 38.3 Å². The van der Waals surface area contributed by atoms with Gasteiger partial charge in [0, 0.05) is 18.5 Å². The molecule has 3 unspecified atom stereocenters. The van der Waals surface area contributed by atoms with Gasteiger partial charge in [0.1, 0.15) is 6.23 Å². The van der Waals surface area contributed by atoms with Crippen molar-refractivity contribution in [1.82, 2.24) is 4.90 Å². The number of hydrogen-bond donors (Lipinski definition) is 2. The molecule has 1 heterocycles. The summed E-state index contributed by atoms with van der Waals surface area (Å²) >= 11 is 0. The molecule has 3 rings (SSSR count). The van der Waals surface area contributed by atoms with Crippen molar-refractivity contribution in [3.63, 3.8) is 0 Å². The number of nitrogens with two attached hydrogens (primary N) is 1. The van der Waals surface area contributed by atoms with Gasteiger partial charge in [-0.15, -0.1) is 0 Å². The average Bonchev–Trinajstić information content (AvgIpc) is 2.74. The number of primary amides is 1. The van der Waals surface area contributed by atoms with Crippen LogP contribution in [0.25, 0.3) is 11.1 Å². The zero-order valence-corrected chi connectivity index (χ0v) is 16.4. The second-order valence-corrected chi connectivity index (χ2v) is 7.58. The largest absolute Gasteiger partial charge is 0.374 e. The Balaban J connectivity index is 1.73. The predicted molar refractivity (Wildman–Crippen MR) is 109 cm³/mol. The molecular weight excluding hydrogens is 366 g/mol. The first-order chi connectivity index (χ1) is 13.9. The van der Waals surface area contributed by atoms with Crippen molar-refractivity contribution in [3.05, 3.63) is 59.7 Å². The fraction of sp³-hybridized carbons (Fsp3) is 0.348. The molecule has 0 aromatic heterocycles. The van der Waals surface area contributed by atoms with Crippen molar-refractivity contribution in [1.29, 1.82) is 5.26 Å². The van der Waals surface area contributed by atoms with Gasteiger partial charge in [-0.2, -0.15) is 5.26 Å². The molecule has 1 saturated heterocycles.